The molecule has 0 radical (unpaired) electrons. The fourth-order valence-electron chi connectivity index (χ4n) is 1.90. The van der Waals surface area contributed by atoms with Crippen molar-refractivity contribution >= 4 is 10.9 Å². The molecule has 0 saturated carbocycles. The van der Waals surface area contributed by atoms with Crippen LogP contribution in [0.1, 0.15) is 5.56 Å². The quantitative estimate of drug-likeness (QED) is 0.624. The standard InChI is InChI=1S/C11H12N2O/c14-11(6-12-7-11)9-2-1-8-3-4-13-10(8)5-9/h1-5,12-14H,6-7H2. The van der Waals surface area contributed by atoms with E-state index >= 15 is 0 Å². The molecule has 1 fully saturated rings. The minimum Gasteiger partial charge on any atom is -0.382 e. The first-order valence-corrected chi connectivity index (χ1v) is 4.79. The van der Waals surface area contributed by atoms with Gasteiger partial charge in [-0.25, -0.2) is 0 Å². The summed E-state index contributed by atoms with van der Waals surface area (Å²) in [6, 6.07) is 8.09. The lowest BCUT2D eigenvalue weighted by Crippen LogP contribution is -2.56. The van der Waals surface area contributed by atoms with Crippen LogP contribution in [0.4, 0.5) is 0 Å². The third-order valence-corrected chi connectivity index (χ3v) is 2.93. The van der Waals surface area contributed by atoms with E-state index in [1.54, 1.807) is 0 Å². The van der Waals surface area contributed by atoms with Crippen molar-refractivity contribution in [2.24, 2.45) is 0 Å². The maximum atomic E-state index is 10.1. The first-order chi connectivity index (χ1) is 6.78. The van der Waals surface area contributed by atoms with E-state index in [1.165, 1.54) is 5.39 Å². The molecule has 14 heavy (non-hydrogen) atoms. The van der Waals surface area contributed by atoms with Crippen LogP contribution in [0.3, 0.4) is 0 Å². The van der Waals surface area contributed by atoms with E-state index in [0.717, 1.165) is 11.1 Å². The fraction of sp³-hybridized carbons (Fsp3) is 0.273. The number of aromatic amines is 1. The van der Waals surface area contributed by atoms with Crippen molar-refractivity contribution in [1.82, 2.24) is 10.3 Å². The molecule has 0 bridgehead atoms. The normalized spacial score (nSPS) is 19.5. The summed E-state index contributed by atoms with van der Waals surface area (Å²) >= 11 is 0. The largest absolute Gasteiger partial charge is 0.382 e. The zero-order valence-corrected chi connectivity index (χ0v) is 7.75. The Hall–Kier alpha value is -1.32. The summed E-state index contributed by atoms with van der Waals surface area (Å²) in [6.45, 7) is 1.30. The zero-order chi connectivity index (χ0) is 9.60. The molecule has 0 spiro atoms. The zero-order valence-electron chi connectivity index (χ0n) is 7.75. The van der Waals surface area contributed by atoms with Gasteiger partial charge in [0, 0.05) is 24.8 Å². The maximum absolute atomic E-state index is 10.1. The van der Waals surface area contributed by atoms with Crippen molar-refractivity contribution in [2.45, 2.75) is 5.60 Å². The molecule has 2 aromatic rings. The van der Waals surface area contributed by atoms with Crippen molar-refractivity contribution in [3.8, 4) is 0 Å². The Balaban J connectivity index is 2.13. The third-order valence-electron chi connectivity index (χ3n) is 2.93. The van der Waals surface area contributed by atoms with Gasteiger partial charge in [0.05, 0.1) is 0 Å². The van der Waals surface area contributed by atoms with Gasteiger partial charge in [-0.05, 0) is 23.1 Å². The van der Waals surface area contributed by atoms with Gasteiger partial charge in [0.1, 0.15) is 5.60 Å². The first kappa shape index (κ1) is 8.03. The lowest BCUT2D eigenvalue weighted by Gasteiger charge is -2.38. The highest BCUT2D eigenvalue weighted by Gasteiger charge is 2.36. The van der Waals surface area contributed by atoms with E-state index in [-0.39, 0.29) is 0 Å². The molecule has 0 unspecified atom stereocenters. The van der Waals surface area contributed by atoms with Crippen LogP contribution in [0.15, 0.2) is 30.5 Å². The molecule has 2 heterocycles. The Kier molecular flexibility index (Phi) is 1.48. The fourth-order valence-corrected chi connectivity index (χ4v) is 1.90. The molecule has 0 amide bonds. The molecule has 3 N–H and O–H groups in total. The summed E-state index contributed by atoms with van der Waals surface area (Å²) in [5.74, 6) is 0. The van der Waals surface area contributed by atoms with E-state index in [9.17, 15) is 5.11 Å². The Morgan fingerprint density at radius 2 is 2.07 bits per heavy atom. The van der Waals surface area contributed by atoms with Crippen LogP contribution in [0.2, 0.25) is 0 Å². The maximum Gasteiger partial charge on any atom is 0.114 e. The minimum atomic E-state index is -0.653. The second-order valence-electron chi connectivity index (χ2n) is 3.91. The lowest BCUT2D eigenvalue weighted by atomic mass is 9.88. The number of aliphatic hydroxyl groups is 1. The third kappa shape index (κ3) is 0.997. The van der Waals surface area contributed by atoms with Gasteiger partial charge < -0.3 is 15.4 Å². The van der Waals surface area contributed by atoms with Gasteiger partial charge in [-0.2, -0.15) is 0 Å². The van der Waals surface area contributed by atoms with Crippen LogP contribution in [0, 0.1) is 0 Å². The second kappa shape index (κ2) is 2.59. The van der Waals surface area contributed by atoms with Gasteiger partial charge in [0.2, 0.25) is 0 Å². The van der Waals surface area contributed by atoms with Gasteiger partial charge in [-0.1, -0.05) is 12.1 Å². The monoisotopic (exact) mass is 188 g/mol. The summed E-state index contributed by atoms with van der Waals surface area (Å²) in [4.78, 5) is 3.15. The van der Waals surface area contributed by atoms with E-state index < -0.39 is 5.60 Å². The second-order valence-corrected chi connectivity index (χ2v) is 3.91. The summed E-state index contributed by atoms with van der Waals surface area (Å²) < 4.78 is 0. The number of hydrogen-bond acceptors (Lipinski definition) is 2. The number of H-pyrrole nitrogens is 1. The van der Waals surface area contributed by atoms with Crippen LogP contribution < -0.4 is 5.32 Å². The first-order valence-electron chi connectivity index (χ1n) is 4.79. The van der Waals surface area contributed by atoms with E-state index in [2.05, 4.69) is 10.3 Å². The summed E-state index contributed by atoms with van der Waals surface area (Å²) in [5.41, 5.74) is 1.42. The number of hydrogen-bond donors (Lipinski definition) is 3. The van der Waals surface area contributed by atoms with Crippen molar-refractivity contribution in [1.29, 1.82) is 0 Å². The Morgan fingerprint density at radius 3 is 2.79 bits per heavy atom. The highest BCUT2D eigenvalue weighted by Crippen LogP contribution is 2.27. The van der Waals surface area contributed by atoms with Gasteiger partial charge in [0.15, 0.2) is 0 Å². The highest BCUT2D eigenvalue weighted by atomic mass is 16.3. The van der Waals surface area contributed by atoms with Gasteiger partial charge in [-0.15, -0.1) is 0 Å². The Bertz CT molecular complexity index is 471. The SMILES string of the molecule is OC1(c2ccc3cc[nH]c3c2)CNC1. The number of fused-ring (bicyclic) bond motifs is 1. The topological polar surface area (TPSA) is 48.0 Å². The van der Waals surface area contributed by atoms with Crippen LogP contribution in [-0.2, 0) is 5.60 Å². The minimum absolute atomic E-state index is 0.652. The molecule has 3 rings (SSSR count). The van der Waals surface area contributed by atoms with Crippen molar-refractivity contribution in [3.63, 3.8) is 0 Å². The number of benzene rings is 1. The summed E-state index contributed by atoms with van der Waals surface area (Å²) in [7, 11) is 0. The average molecular weight is 188 g/mol. The molecule has 1 aliphatic heterocycles. The number of β-amino-alcohol motifs (C(OH)–C–C–N with tert-alkyl or cyclic N) is 1. The molecular formula is C11H12N2O. The lowest BCUT2D eigenvalue weighted by molar-refractivity contribution is -0.0145. The van der Waals surface area contributed by atoms with Crippen molar-refractivity contribution < 1.29 is 5.11 Å². The molecule has 72 valence electrons. The van der Waals surface area contributed by atoms with E-state index in [1.807, 2.05) is 30.5 Å². The van der Waals surface area contributed by atoms with Crippen molar-refractivity contribution in [2.75, 3.05) is 13.1 Å². The molecule has 1 saturated heterocycles. The highest BCUT2D eigenvalue weighted by molar-refractivity contribution is 5.80. The summed E-state index contributed by atoms with van der Waals surface area (Å²) in [6.07, 6.45) is 1.91. The van der Waals surface area contributed by atoms with Gasteiger partial charge in [0.25, 0.3) is 0 Å². The van der Waals surface area contributed by atoms with E-state index in [0.29, 0.717) is 13.1 Å². The molecule has 1 aromatic heterocycles. The molecule has 0 atom stereocenters. The van der Waals surface area contributed by atoms with Crippen LogP contribution in [-0.4, -0.2) is 23.2 Å². The molecule has 0 aliphatic carbocycles. The number of nitrogens with one attached hydrogen (secondary N) is 2. The van der Waals surface area contributed by atoms with E-state index in [4.69, 9.17) is 0 Å². The molecule has 3 heteroatoms. The van der Waals surface area contributed by atoms with Crippen LogP contribution in [0.25, 0.3) is 10.9 Å². The molecule has 1 aromatic carbocycles. The van der Waals surface area contributed by atoms with Crippen molar-refractivity contribution in [3.05, 3.63) is 36.0 Å². The molecule has 1 aliphatic rings. The number of aromatic nitrogens is 1. The average Bonchev–Trinajstić information content (AvgIpc) is 2.60. The number of rotatable bonds is 1. The Labute approximate surface area is 81.8 Å². The van der Waals surface area contributed by atoms with Gasteiger partial charge >= 0.3 is 0 Å². The Morgan fingerprint density at radius 1 is 1.21 bits per heavy atom. The predicted molar refractivity (Wildman–Crippen MR) is 55.1 cm³/mol. The smallest absolute Gasteiger partial charge is 0.114 e. The molecular weight excluding hydrogens is 176 g/mol. The van der Waals surface area contributed by atoms with Crippen LogP contribution in [0.5, 0.6) is 0 Å². The summed E-state index contributed by atoms with van der Waals surface area (Å²) in [5, 5.41) is 14.4. The van der Waals surface area contributed by atoms with Crippen LogP contribution >= 0.6 is 0 Å². The van der Waals surface area contributed by atoms with Gasteiger partial charge in [-0.3, -0.25) is 0 Å². The molecule has 3 nitrogen and oxygen atoms in total. The predicted octanol–water partition coefficient (Wildman–Crippen LogP) is 0.959.